The smallest absolute Gasteiger partial charge is 0.306 e. The predicted molar refractivity (Wildman–Crippen MR) is 212 cm³/mol. The predicted octanol–water partition coefficient (Wildman–Crippen LogP) is 14.2. The number of ether oxygens (including phenoxy) is 1. The standard InChI is InChI=1S/C48H82O2/c1-8-9-13-19-36-30-41(36)35(5)42-31-37(42)20-14-11-10-12-15-21-46(49)50-39-26-28-47(6)38(32-39)22-23-40-44-25-24-43(34(4)18-16-17-33(2)3)48(44,7)29-27-45(40)47/h22,33-37,39-45H,8-21,23-32H2,1-7H3. The lowest BCUT2D eigenvalue weighted by Crippen LogP contribution is -2.51. The number of allylic oxidation sites excluding steroid dienone is 1. The molecule has 0 radical (unpaired) electrons. The molecule has 6 aliphatic carbocycles. The second kappa shape index (κ2) is 17.1. The molecule has 2 heteroatoms. The molecule has 0 aliphatic heterocycles. The monoisotopic (exact) mass is 691 g/mol. The summed E-state index contributed by atoms with van der Waals surface area (Å²) in [6.45, 7) is 17.6. The Morgan fingerprint density at radius 1 is 0.800 bits per heavy atom. The molecular formula is C48H82O2. The maximum absolute atomic E-state index is 12.9. The van der Waals surface area contributed by atoms with E-state index in [1.54, 1.807) is 5.57 Å². The van der Waals surface area contributed by atoms with Gasteiger partial charge in [0.15, 0.2) is 0 Å². The molecular weight excluding hydrogens is 609 g/mol. The van der Waals surface area contributed by atoms with Gasteiger partial charge in [-0.25, -0.2) is 0 Å². The first-order chi connectivity index (χ1) is 24.0. The summed E-state index contributed by atoms with van der Waals surface area (Å²) in [4.78, 5) is 12.9. The van der Waals surface area contributed by atoms with Crippen LogP contribution in [0.5, 0.6) is 0 Å². The van der Waals surface area contributed by atoms with Crippen LogP contribution in [0.1, 0.15) is 203 Å². The number of esters is 1. The SMILES string of the molecule is CCCCCC1CC1C(C)C1CC1CCCCCCCC(=O)OC1CCC2(C)C(=CCC3C2CCC2(C)C(C(C)CCCC(C)C)CCC32)C1. The minimum Gasteiger partial charge on any atom is -0.462 e. The van der Waals surface area contributed by atoms with Crippen LogP contribution in [0, 0.1) is 75.9 Å². The second-order valence-corrected chi connectivity index (χ2v) is 20.6. The lowest BCUT2D eigenvalue weighted by Gasteiger charge is -2.58. The fourth-order valence-corrected chi connectivity index (χ4v) is 13.7. The van der Waals surface area contributed by atoms with Gasteiger partial charge in [0.05, 0.1) is 0 Å². The van der Waals surface area contributed by atoms with Crippen molar-refractivity contribution in [3.63, 3.8) is 0 Å². The van der Waals surface area contributed by atoms with E-state index in [2.05, 4.69) is 54.5 Å². The van der Waals surface area contributed by atoms with Gasteiger partial charge in [0.2, 0.25) is 0 Å². The zero-order chi connectivity index (χ0) is 35.5. The van der Waals surface area contributed by atoms with Crippen molar-refractivity contribution in [2.45, 2.75) is 209 Å². The first-order valence-corrected chi connectivity index (χ1v) is 22.9. The zero-order valence-corrected chi connectivity index (χ0v) is 34.3. The molecule has 0 saturated heterocycles. The van der Waals surface area contributed by atoms with Crippen molar-refractivity contribution in [3.05, 3.63) is 11.6 Å². The third-order valence-corrected chi connectivity index (χ3v) is 17.0. The molecule has 5 saturated carbocycles. The minimum absolute atomic E-state index is 0.0729. The Balaban J connectivity index is 0.854. The van der Waals surface area contributed by atoms with Gasteiger partial charge in [-0.2, -0.15) is 0 Å². The van der Waals surface area contributed by atoms with Gasteiger partial charge in [0.1, 0.15) is 6.10 Å². The molecule has 6 aliphatic rings. The van der Waals surface area contributed by atoms with Crippen LogP contribution in [0.3, 0.4) is 0 Å². The van der Waals surface area contributed by atoms with Crippen LogP contribution in [0.15, 0.2) is 11.6 Å². The normalized spacial score (nSPS) is 40.0. The van der Waals surface area contributed by atoms with Crippen molar-refractivity contribution in [1.29, 1.82) is 0 Å². The molecule has 286 valence electrons. The number of fused-ring (bicyclic) bond motifs is 5. The summed E-state index contributed by atoms with van der Waals surface area (Å²) in [6.07, 6.45) is 34.5. The first kappa shape index (κ1) is 38.9. The summed E-state index contributed by atoms with van der Waals surface area (Å²) in [5, 5.41) is 0. The Morgan fingerprint density at radius 3 is 2.22 bits per heavy atom. The molecule has 13 unspecified atom stereocenters. The van der Waals surface area contributed by atoms with Gasteiger partial charge < -0.3 is 4.74 Å². The maximum Gasteiger partial charge on any atom is 0.306 e. The van der Waals surface area contributed by atoms with Crippen LogP contribution in [0.2, 0.25) is 0 Å². The summed E-state index contributed by atoms with van der Waals surface area (Å²) in [5.74, 6) is 10.6. The number of carbonyl (C=O) groups is 1. The van der Waals surface area contributed by atoms with Crippen molar-refractivity contribution in [1.82, 2.24) is 0 Å². The van der Waals surface area contributed by atoms with E-state index in [-0.39, 0.29) is 12.1 Å². The summed E-state index contributed by atoms with van der Waals surface area (Å²) in [5.41, 5.74) is 2.54. The van der Waals surface area contributed by atoms with Gasteiger partial charge >= 0.3 is 5.97 Å². The Bertz CT molecular complexity index is 1120. The van der Waals surface area contributed by atoms with Crippen molar-refractivity contribution in [2.24, 2.45) is 75.9 Å². The van der Waals surface area contributed by atoms with Gasteiger partial charge in [-0.05, 0) is 140 Å². The highest BCUT2D eigenvalue weighted by atomic mass is 16.5. The summed E-state index contributed by atoms with van der Waals surface area (Å²) < 4.78 is 6.18. The van der Waals surface area contributed by atoms with Crippen LogP contribution in [-0.4, -0.2) is 12.1 Å². The van der Waals surface area contributed by atoms with Crippen molar-refractivity contribution >= 4 is 5.97 Å². The molecule has 0 spiro atoms. The van der Waals surface area contributed by atoms with E-state index >= 15 is 0 Å². The molecule has 0 aromatic rings. The van der Waals surface area contributed by atoms with E-state index in [0.29, 0.717) is 17.3 Å². The van der Waals surface area contributed by atoms with Gasteiger partial charge in [-0.1, -0.05) is 137 Å². The molecule has 0 bridgehead atoms. The molecule has 2 nitrogen and oxygen atoms in total. The summed E-state index contributed by atoms with van der Waals surface area (Å²) >= 11 is 0. The Hall–Kier alpha value is -0.790. The quantitative estimate of drug-likeness (QED) is 0.0722. The van der Waals surface area contributed by atoms with E-state index < -0.39 is 0 Å². The molecule has 0 aromatic carbocycles. The first-order valence-electron chi connectivity index (χ1n) is 22.9. The third-order valence-electron chi connectivity index (χ3n) is 17.0. The van der Waals surface area contributed by atoms with Gasteiger partial charge in [-0.3, -0.25) is 4.79 Å². The molecule has 50 heavy (non-hydrogen) atoms. The summed E-state index contributed by atoms with van der Waals surface area (Å²) in [7, 11) is 0. The fraction of sp³-hybridized carbons (Fsp3) is 0.938. The van der Waals surface area contributed by atoms with Crippen LogP contribution in [0.25, 0.3) is 0 Å². The highest BCUT2D eigenvalue weighted by Crippen LogP contribution is 2.67. The molecule has 0 heterocycles. The van der Waals surface area contributed by atoms with E-state index in [4.69, 9.17) is 4.74 Å². The third kappa shape index (κ3) is 8.94. The maximum atomic E-state index is 12.9. The van der Waals surface area contributed by atoms with Crippen LogP contribution in [0.4, 0.5) is 0 Å². The van der Waals surface area contributed by atoms with Crippen molar-refractivity contribution in [3.8, 4) is 0 Å². The van der Waals surface area contributed by atoms with Crippen molar-refractivity contribution in [2.75, 3.05) is 0 Å². The second-order valence-electron chi connectivity index (χ2n) is 20.6. The molecule has 0 N–H and O–H groups in total. The number of hydrogen-bond donors (Lipinski definition) is 0. The van der Waals surface area contributed by atoms with E-state index in [1.807, 2.05) is 0 Å². The zero-order valence-electron chi connectivity index (χ0n) is 34.3. The van der Waals surface area contributed by atoms with Crippen LogP contribution >= 0.6 is 0 Å². The number of hydrogen-bond acceptors (Lipinski definition) is 2. The topological polar surface area (TPSA) is 26.3 Å². The van der Waals surface area contributed by atoms with Gasteiger partial charge in [-0.15, -0.1) is 0 Å². The van der Waals surface area contributed by atoms with Crippen LogP contribution < -0.4 is 0 Å². The van der Waals surface area contributed by atoms with E-state index in [9.17, 15) is 4.79 Å². The molecule has 5 fully saturated rings. The minimum atomic E-state index is 0.0729. The molecule has 0 aromatic heterocycles. The lowest BCUT2D eigenvalue weighted by atomic mass is 9.47. The number of unbranched alkanes of at least 4 members (excludes halogenated alkanes) is 6. The lowest BCUT2D eigenvalue weighted by molar-refractivity contribution is -0.151. The molecule has 6 rings (SSSR count). The highest BCUT2D eigenvalue weighted by molar-refractivity contribution is 5.69. The highest BCUT2D eigenvalue weighted by Gasteiger charge is 2.59. The molecule has 0 amide bonds. The molecule has 13 atom stereocenters. The Labute approximate surface area is 310 Å². The number of rotatable bonds is 20. The average molecular weight is 691 g/mol. The fourth-order valence-electron chi connectivity index (χ4n) is 13.7. The Kier molecular flexibility index (Phi) is 13.3. The van der Waals surface area contributed by atoms with Gasteiger partial charge in [0.25, 0.3) is 0 Å². The number of carbonyl (C=O) groups excluding carboxylic acids is 1. The average Bonchev–Trinajstić information content (AvgIpc) is 4.00. The Morgan fingerprint density at radius 2 is 1.50 bits per heavy atom. The van der Waals surface area contributed by atoms with E-state index in [0.717, 1.165) is 84.4 Å². The van der Waals surface area contributed by atoms with Crippen LogP contribution in [-0.2, 0) is 9.53 Å². The largest absolute Gasteiger partial charge is 0.462 e. The van der Waals surface area contributed by atoms with Crippen molar-refractivity contribution < 1.29 is 9.53 Å². The summed E-state index contributed by atoms with van der Waals surface area (Å²) in [6, 6.07) is 0. The van der Waals surface area contributed by atoms with E-state index in [1.165, 1.54) is 128 Å². The van der Waals surface area contributed by atoms with Gasteiger partial charge in [0, 0.05) is 12.8 Å².